The van der Waals surface area contributed by atoms with Crippen LogP contribution < -0.4 is 0 Å². The van der Waals surface area contributed by atoms with Gasteiger partial charge in [0.2, 0.25) is 6.57 Å². The molecule has 0 radical (unpaired) electrons. The highest BCUT2D eigenvalue weighted by Crippen LogP contribution is 2.53. The van der Waals surface area contributed by atoms with Gasteiger partial charge in [-0.05, 0) is 56.5 Å². The molecule has 3 unspecified atom stereocenters. The fraction of sp³-hybridized carbons (Fsp3) is 0.588. The maximum Gasteiger partial charge on any atom is 0.228 e. The molecular weight excluding hydrogens is 427 g/mol. The van der Waals surface area contributed by atoms with E-state index in [2.05, 4.69) is 6.92 Å². The van der Waals surface area contributed by atoms with Crippen LogP contribution in [0.25, 0.3) is 0 Å². The van der Waals surface area contributed by atoms with Crippen LogP contribution in [0.3, 0.4) is 0 Å². The standard InChI is InChI=1S/C17H28ClN2O2PS3/c1-5-6-7-15(2)22-23(25,20(4)14-24)19(3)12-13-26(21)17-10-8-16(18)9-11-17/h8-11,14-15H,5-7,12-13H2,1-4H3. The Morgan fingerprint density at radius 3 is 2.50 bits per heavy atom. The third-order valence-corrected chi connectivity index (χ3v) is 10.5. The molecule has 0 spiro atoms. The number of nitrogens with zero attached hydrogens (tertiary/aromatic N) is 2. The van der Waals surface area contributed by atoms with Crippen LogP contribution >= 0.6 is 30.4 Å². The van der Waals surface area contributed by atoms with Crippen LogP contribution in [0.2, 0.25) is 5.02 Å². The maximum atomic E-state index is 12.5. The Bertz CT molecular complexity index is 645. The van der Waals surface area contributed by atoms with Gasteiger partial charge in [0.05, 0.1) is 22.4 Å². The topological polar surface area (TPSA) is 32.8 Å². The first kappa shape index (κ1) is 24.2. The highest BCUT2D eigenvalue weighted by molar-refractivity contribution is 8.10. The van der Waals surface area contributed by atoms with E-state index in [1.807, 2.05) is 30.4 Å². The van der Waals surface area contributed by atoms with Crippen LogP contribution in [0.1, 0.15) is 33.1 Å². The monoisotopic (exact) mass is 454 g/mol. The van der Waals surface area contributed by atoms with E-state index in [0.717, 1.165) is 24.2 Å². The first-order chi connectivity index (χ1) is 12.2. The fourth-order valence-corrected chi connectivity index (χ4v) is 6.88. The predicted octanol–water partition coefficient (Wildman–Crippen LogP) is 5.09. The first-order valence-corrected chi connectivity index (χ1v) is 13.4. The highest BCUT2D eigenvalue weighted by Gasteiger charge is 2.30. The van der Waals surface area contributed by atoms with Crippen molar-refractivity contribution < 1.29 is 8.73 Å². The van der Waals surface area contributed by atoms with Crippen molar-refractivity contribution in [1.82, 2.24) is 9.34 Å². The molecule has 1 aromatic carbocycles. The quantitative estimate of drug-likeness (QED) is 0.323. The molecule has 0 bridgehead atoms. The molecule has 0 aliphatic rings. The van der Waals surface area contributed by atoms with E-state index in [4.69, 9.17) is 40.1 Å². The first-order valence-electron chi connectivity index (χ1n) is 8.57. The van der Waals surface area contributed by atoms with Crippen molar-refractivity contribution in [2.24, 2.45) is 0 Å². The maximum absolute atomic E-state index is 12.5. The van der Waals surface area contributed by atoms with Crippen LogP contribution in [0.5, 0.6) is 0 Å². The van der Waals surface area contributed by atoms with Crippen LogP contribution in [-0.4, -0.2) is 51.5 Å². The van der Waals surface area contributed by atoms with Crippen molar-refractivity contribution in [2.75, 3.05) is 26.4 Å². The summed E-state index contributed by atoms with van der Waals surface area (Å²) in [5.41, 5.74) is 1.54. The molecule has 0 N–H and O–H groups in total. The average Bonchev–Trinajstić information content (AvgIpc) is 2.63. The van der Waals surface area contributed by atoms with Gasteiger partial charge in [-0.2, -0.15) is 0 Å². The molecule has 4 nitrogen and oxygen atoms in total. The second-order valence-electron chi connectivity index (χ2n) is 6.11. The van der Waals surface area contributed by atoms with Gasteiger partial charge in [-0.15, -0.1) is 0 Å². The van der Waals surface area contributed by atoms with E-state index in [1.165, 1.54) is 0 Å². The number of halogens is 1. The number of hydrogen-bond acceptors (Lipinski definition) is 4. The average molecular weight is 455 g/mol. The molecule has 9 heteroatoms. The largest absolute Gasteiger partial charge is 0.320 e. The molecule has 0 saturated heterocycles. The molecule has 26 heavy (non-hydrogen) atoms. The number of thiocarbonyl (C=S) groups is 1. The summed E-state index contributed by atoms with van der Waals surface area (Å²) in [7, 11) is 2.65. The molecule has 0 aliphatic heterocycles. The van der Waals surface area contributed by atoms with Gasteiger partial charge in [0, 0.05) is 29.3 Å². The lowest BCUT2D eigenvalue weighted by molar-refractivity contribution is 0.201. The molecule has 1 aromatic rings. The summed E-state index contributed by atoms with van der Waals surface area (Å²) in [5.74, 6) is 0.467. The number of unbranched alkanes of at least 4 members (excludes halogenated alkanes) is 1. The van der Waals surface area contributed by atoms with E-state index < -0.39 is 17.4 Å². The molecular formula is C17H28ClN2O2PS3. The minimum Gasteiger partial charge on any atom is -0.320 e. The van der Waals surface area contributed by atoms with Crippen molar-refractivity contribution in [3.05, 3.63) is 29.3 Å². The lowest BCUT2D eigenvalue weighted by Crippen LogP contribution is -2.31. The Balaban J connectivity index is 2.77. The Morgan fingerprint density at radius 2 is 1.96 bits per heavy atom. The van der Waals surface area contributed by atoms with Crippen molar-refractivity contribution >= 4 is 58.5 Å². The molecule has 0 saturated carbocycles. The summed E-state index contributed by atoms with van der Waals surface area (Å²) in [6.07, 6.45) is 3.24. The number of hydrogen-bond donors (Lipinski definition) is 0. The minimum atomic E-state index is -2.47. The molecule has 0 heterocycles. The van der Waals surface area contributed by atoms with Crippen molar-refractivity contribution in [3.63, 3.8) is 0 Å². The van der Waals surface area contributed by atoms with Crippen LogP contribution in [-0.2, 0) is 27.1 Å². The normalized spacial score (nSPS) is 16.1. The van der Waals surface area contributed by atoms with E-state index >= 15 is 0 Å². The van der Waals surface area contributed by atoms with Gasteiger partial charge in [0.1, 0.15) is 0 Å². The lowest BCUT2D eigenvalue weighted by atomic mass is 10.2. The zero-order chi connectivity index (χ0) is 19.7. The van der Waals surface area contributed by atoms with Gasteiger partial charge in [-0.1, -0.05) is 43.6 Å². The molecule has 1 rings (SSSR count). The Kier molecular flexibility index (Phi) is 11.0. The Morgan fingerprint density at radius 1 is 1.35 bits per heavy atom. The highest BCUT2D eigenvalue weighted by atomic mass is 35.5. The molecule has 0 fully saturated rings. The summed E-state index contributed by atoms with van der Waals surface area (Å²) in [5, 5.41) is 0.635. The second-order valence-corrected chi connectivity index (χ2v) is 12.3. The van der Waals surface area contributed by atoms with Gasteiger partial charge in [0.25, 0.3) is 0 Å². The van der Waals surface area contributed by atoms with E-state index in [9.17, 15) is 4.21 Å². The second kappa shape index (κ2) is 11.8. The summed E-state index contributed by atoms with van der Waals surface area (Å²) in [4.78, 5) is 0.761. The molecule has 0 amide bonds. The Hall–Kier alpha value is 0.120. The number of benzene rings is 1. The van der Waals surface area contributed by atoms with E-state index in [0.29, 0.717) is 17.3 Å². The molecule has 3 atom stereocenters. The summed E-state index contributed by atoms with van der Waals surface area (Å²) in [6, 6.07) is 7.09. The third kappa shape index (κ3) is 7.27. The van der Waals surface area contributed by atoms with Gasteiger partial charge in [-0.25, -0.2) is 4.67 Å². The van der Waals surface area contributed by atoms with Crippen molar-refractivity contribution in [1.29, 1.82) is 0 Å². The predicted molar refractivity (Wildman–Crippen MR) is 121 cm³/mol. The van der Waals surface area contributed by atoms with Gasteiger partial charge >= 0.3 is 0 Å². The van der Waals surface area contributed by atoms with Gasteiger partial charge in [-0.3, -0.25) is 4.21 Å². The summed E-state index contributed by atoms with van der Waals surface area (Å²) < 4.78 is 22.6. The zero-order valence-corrected chi connectivity index (χ0v) is 19.9. The molecule has 148 valence electrons. The van der Waals surface area contributed by atoms with E-state index in [-0.39, 0.29) is 6.10 Å². The SMILES string of the molecule is CCCCC(C)OP(=S)(N(C)C=S)N(C)CCS(=O)c1ccc(Cl)cc1. The van der Waals surface area contributed by atoms with Crippen LogP contribution in [0.4, 0.5) is 0 Å². The minimum absolute atomic E-state index is 0.0578. The van der Waals surface area contributed by atoms with Crippen molar-refractivity contribution in [3.8, 4) is 0 Å². The van der Waals surface area contributed by atoms with Crippen LogP contribution in [0.15, 0.2) is 29.2 Å². The third-order valence-electron chi connectivity index (χ3n) is 3.94. The molecule has 0 aromatic heterocycles. The number of rotatable bonds is 12. The smallest absolute Gasteiger partial charge is 0.228 e. The zero-order valence-electron chi connectivity index (χ0n) is 15.8. The summed E-state index contributed by atoms with van der Waals surface area (Å²) in [6.45, 7) is 2.29. The van der Waals surface area contributed by atoms with E-state index in [1.54, 1.807) is 29.8 Å². The van der Waals surface area contributed by atoms with Crippen LogP contribution in [0, 0.1) is 0 Å². The van der Waals surface area contributed by atoms with Gasteiger partial charge in [0.15, 0.2) is 0 Å². The Labute approximate surface area is 175 Å². The fourth-order valence-electron chi connectivity index (χ4n) is 2.28. The van der Waals surface area contributed by atoms with Gasteiger partial charge < -0.3 is 9.19 Å². The summed E-state index contributed by atoms with van der Waals surface area (Å²) >= 11 is 16.9. The molecule has 0 aliphatic carbocycles. The van der Waals surface area contributed by atoms with Crippen molar-refractivity contribution in [2.45, 2.75) is 44.1 Å². The lowest BCUT2D eigenvalue weighted by Gasteiger charge is -2.38.